The van der Waals surface area contributed by atoms with Crippen molar-refractivity contribution in [3.05, 3.63) is 120 Å². The molecule has 0 N–H and O–H groups in total. The minimum absolute atomic E-state index is 0.271. The van der Waals surface area contributed by atoms with E-state index in [0.29, 0.717) is 11.8 Å². The Bertz CT molecular complexity index is 841. The minimum atomic E-state index is 0.271. The maximum Gasteiger partial charge on any atom is 0.115 e. The molecule has 0 amide bonds. The monoisotopic (exact) mass is 364 g/mol. The van der Waals surface area contributed by atoms with Crippen molar-refractivity contribution in [3.63, 3.8) is 0 Å². The van der Waals surface area contributed by atoms with Crippen molar-refractivity contribution in [3.8, 4) is 0 Å². The van der Waals surface area contributed by atoms with Crippen molar-refractivity contribution in [1.82, 2.24) is 19.9 Å². The maximum absolute atomic E-state index is 4.64. The second kappa shape index (κ2) is 7.31. The number of hydrogen-bond donors (Lipinski definition) is 0. The highest BCUT2D eigenvalue weighted by atomic mass is 14.9. The molecule has 4 aromatic rings. The number of hydrogen-bond acceptors (Lipinski definition) is 4. The molecular formula is C24H20N4. The molecule has 0 unspecified atom stereocenters. The third kappa shape index (κ3) is 2.87. The molecule has 28 heavy (non-hydrogen) atoms. The quantitative estimate of drug-likeness (QED) is 0.526. The van der Waals surface area contributed by atoms with Crippen LogP contribution in [0, 0.1) is 0 Å². The Morgan fingerprint density at radius 1 is 0.464 bits per heavy atom. The number of aromatic nitrogens is 4. The normalized spacial score (nSPS) is 23.7. The van der Waals surface area contributed by atoms with Crippen LogP contribution in [-0.2, 0) is 0 Å². The fourth-order valence-electron chi connectivity index (χ4n) is 4.66. The second-order valence-electron chi connectivity index (χ2n) is 7.19. The summed E-state index contributed by atoms with van der Waals surface area (Å²) in [6, 6.07) is 25.5. The molecule has 0 radical (unpaired) electrons. The van der Waals surface area contributed by atoms with Gasteiger partial charge in [0, 0.05) is 47.5 Å². The van der Waals surface area contributed by atoms with E-state index in [9.17, 15) is 0 Å². The van der Waals surface area contributed by atoms with E-state index in [2.05, 4.69) is 80.6 Å². The molecule has 2 aromatic carbocycles. The van der Waals surface area contributed by atoms with Crippen molar-refractivity contribution in [1.29, 1.82) is 0 Å². The van der Waals surface area contributed by atoms with Gasteiger partial charge in [-0.15, -0.1) is 0 Å². The molecule has 0 spiro atoms. The Morgan fingerprint density at radius 2 is 0.893 bits per heavy atom. The molecule has 5 rings (SSSR count). The molecule has 4 heteroatoms. The van der Waals surface area contributed by atoms with Crippen molar-refractivity contribution in [2.75, 3.05) is 0 Å². The maximum atomic E-state index is 4.64. The lowest BCUT2D eigenvalue weighted by molar-refractivity contribution is 0.219. The summed E-state index contributed by atoms with van der Waals surface area (Å²) in [7, 11) is 0. The summed E-state index contributed by atoms with van der Waals surface area (Å²) in [5.41, 5.74) is 4.81. The van der Waals surface area contributed by atoms with Gasteiger partial charge in [0.1, 0.15) is 12.7 Å². The van der Waals surface area contributed by atoms with E-state index in [0.717, 1.165) is 11.4 Å². The predicted molar refractivity (Wildman–Crippen MR) is 108 cm³/mol. The van der Waals surface area contributed by atoms with Crippen molar-refractivity contribution in [2.45, 2.75) is 23.7 Å². The number of rotatable bonds is 4. The lowest BCUT2D eigenvalue weighted by Gasteiger charge is -2.52. The van der Waals surface area contributed by atoms with Gasteiger partial charge in [-0.05, 0) is 23.3 Å². The highest BCUT2D eigenvalue weighted by Gasteiger charge is 2.53. The smallest absolute Gasteiger partial charge is 0.115 e. The van der Waals surface area contributed by atoms with E-state index in [1.807, 2.05) is 24.5 Å². The molecule has 1 aliphatic carbocycles. The molecular weight excluding hydrogens is 344 g/mol. The van der Waals surface area contributed by atoms with E-state index in [1.165, 1.54) is 11.1 Å². The van der Waals surface area contributed by atoms with E-state index in [4.69, 9.17) is 0 Å². The molecule has 2 aromatic heterocycles. The van der Waals surface area contributed by atoms with Crippen LogP contribution in [0.4, 0.5) is 0 Å². The van der Waals surface area contributed by atoms with E-state index < -0.39 is 0 Å². The molecule has 0 atom stereocenters. The summed E-state index contributed by atoms with van der Waals surface area (Å²) in [5.74, 6) is 1.15. The summed E-state index contributed by atoms with van der Waals surface area (Å²) in [6.07, 6.45) is 6.98. The fourth-order valence-corrected chi connectivity index (χ4v) is 4.66. The molecule has 1 fully saturated rings. The highest BCUT2D eigenvalue weighted by Crippen LogP contribution is 2.65. The van der Waals surface area contributed by atoms with Crippen LogP contribution in [0.5, 0.6) is 0 Å². The van der Waals surface area contributed by atoms with Crippen LogP contribution in [0.1, 0.15) is 46.2 Å². The Balaban J connectivity index is 1.67. The lowest BCUT2D eigenvalue weighted by Crippen LogP contribution is -2.40. The predicted octanol–water partition coefficient (Wildman–Crippen LogP) is 4.72. The summed E-state index contributed by atoms with van der Waals surface area (Å²) in [4.78, 5) is 17.5. The van der Waals surface area contributed by atoms with E-state index in [-0.39, 0.29) is 11.8 Å². The second-order valence-corrected chi connectivity index (χ2v) is 7.19. The molecule has 0 bridgehead atoms. The van der Waals surface area contributed by atoms with Gasteiger partial charge in [0.25, 0.3) is 0 Å². The first-order chi connectivity index (χ1) is 13.9. The molecule has 2 heterocycles. The topological polar surface area (TPSA) is 51.6 Å². The zero-order chi connectivity index (χ0) is 18.8. The van der Waals surface area contributed by atoms with Crippen LogP contribution in [0.25, 0.3) is 0 Å². The van der Waals surface area contributed by atoms with Crippen LogP contribution < -0.4 is 0 Å². The van der Waals surface area contributed by atoms with Gasteiger partial charge in [-0.2, -0.15) is 0 Å². The van der Waals surface area contributed by atoms with Gasteiger partial charge in [-0.3, -0.25) is 0 Å². The lowest BCUT2D eigenvalue weighted by atomic mass is 9.50. The first-order valence-electron chi connectivity index (χ1n) is 9.55. The summed E-state index contributed by atoms with van der Waals surface area (Å²) < 4.78 is 0. The Hall–Kier alpha value is -3.40. The zero-order valence-corrected chi connectivity index (χ0v) is 15.3. The molecule has 1 aliphatic rings. The van der Waals surface area contributed by atoms with E-state index in [1.54, 1.807) is 12.7 Å². The van der Waals surface area contributed by atoms with Gasteiger partial charge in [0.15, 0.2) is 0 Å². The first kappa shape index (κ1) is 16.8. The molecule has 0 aliphatic heterocycles. The first-order valence-corrected chi connectivity index (χ1v) is 9.55. The Morgan fingerprint density at radius 3 is 1.25 bits per heavy atom. The van der Waals surface area contributed by atoms with Crippen LogP contribution in [0.2, 0.25) is 0 Å². The third-order valence-electron chi connectivity index (χ3n) is 5.81. The van der Waals surface area contributed by atoms with Crippen molar-refractivity contribution >= 4 is 0 Å². The fraction of sp³-hybridized carbons (Fsp3) is 0.167. The SMILES string of the molecule is c1ccc([C@H]2[C@H](c3ccncn3)[C@H](c3ccccc3)[C@H]2c2ccncn2)cc1. The van der Waals surface area contributed by atoms with Crippen molar-refractivity contribution in [2.24, 2.45) is 0 Å². The molecule has 0 saturated heterocycles. The van der Waals surface area contributed by atoms with Gasteiger partial charge >= 0.3 is 0 Å². The highest BCUT2D eigenvalue weighted by molar-refractivity contribution is 5.44. The molecule has 136 valence electrons. The van der Waals surface area contributed by atoms with Crippen LogP contribution in [0.15, 0.2) is 97.8 Å². The van der Waals surface area contributed by atoms with Gasteiger partial charge in [0.05, 0.1) is 0 Å². The third-order valence-corrected chi connectivity index (χ3v) is 5.81. The molecule has 4 nitrogen and oxygen atoms in total. The van der Waals surface area contributed by atoms with Crippen LogP contribution in [-0.4, -0.2) is 19.9 Å². The average molecular weight is 364 g/mol. The number of nitrogens with zero attached hydrogens (tertiary/aromatic N) is 4. The Labute approximate surface area is 164 Å². The summed E-state index contributed by atoms with van der Waals surface area (Å²) >= 11 is 0. The van der Waals surface area contributed by atoms with Crippen molar-refractivity contribution < 1.29 is 0 Å². The van der Waals surface area contributed by atoms with E-state index >= 15 is 0 Å². The van der Waals surface area contributed by atoms with Gasteiger partial charge in [-0.1, -0.05) is 60.7 Å². The standard InChI is InChI=1S/C24H20N4/c1-3-7-17(8-4-1)21-23(19-11-13-25-15-27-19)22(18-9-5-2-6-10-18)24(21)20-12-14-26-16-28-20/h1-16,21-24H/t21-,22-,23-,24-. The van der Waals surface area contributed by atoms with Gasteiger partial charge in [0.2, 0.25) is 0 Å². The number of benzene rings is 2. The van der Waals surface area contributed by atoms with Gasteiger partial charge < -0.3 is 0 Å². The summed E-state index contributed by atoms with van der Waals surface area (Å²) in [6.45, 7) is 0. The summed E-state index contributed by atoms with van der Waals surface area (Å²) in [5, 5.41) is 0. The van der Waals surface area contributed by atoms with Gasteiger partial charge in [-0.25, -0.2) is 19.9 Å². The van der Waals surface area contributed by atoms with Crippen LogP contribution >= 0.6 is 0 Å². The van der Waals surface area contributed by atoms with Crippen LogP contribution in [0.3, 0.4) is 0 Å². The average Bonchev–Trinajstić information content (AvgIpc) is 2.76. The minimum Gasteiger partial charge on any atom is -0.245 e. The molecule has 1 saturated carbocycles. The largest absolute Gasteiger partial charge is 0.245 e. The Kier molecular flexibility index (Phi) is 4.37. The zero-order valence-electron chi connectivity index (χ0n) is 15.3.